The lowest BCUT2D eigenvalue weighted by Gasteiger charge is -2.12. The summed E-state index contributed by atoms with van der Waals surface area (Å²) >= 11 is 0. The van der Waals surface area contributed by atoms with E-state index in [0.717, 1.165) is 22.4 Å². The van der Waals surface area contributed by atoms with Crippen LogP contribution < -0.4 is 20.7 Å². The van der Waals surface area contributed by atoms with E-state index >= 15 is 0 Å². The topological polar surface area (TPSA) is 92.4 Å². The monoisotopic (exact) mass is 384 g/mol. The lowest BCUT2D eigenvalue weighted by atomic mass is 10.1. The second-order valence-corrected chi connectivity index (χ2v) is 6.62. The lowest BCUT2D eigenvalue weighted by molar-refractivity contribution is -0.116. The van der Waals surface area contributed by atoms with E-state index in [2.05, 4.69) is 20.9 Å². The number of nitrogens with one attached hydrogen (secondary N) is 3. The smallest absolute Gasteiger partial charge is 0.314 e. The van der Waals surface area contributed by atoms with Gasteiger partial charge in [0, 0.05) is 25.7 Å². The zero-order valence-corrected chi connectivity index (χ0v) is 16.7. The van der Waals surface area contributed by atoms with E-state index in [0.29, 0.717) is 25.4 Å². The molecular formula is C21H28N4O3. The number of nitrogens with zero attached hydrogens (tertiary/aromatic N) is 1. The Balaban J connectivity index is 1.55. The molecule has 2 rings (SSSR count). The molecule has 0 aliphatic carbocycles. The number of para-hydroxylation sites is 1. The minimum absolute atomic E-state index is 0.179. The fourth-order valence-electron chi connectivity index (χ4n) is 2.57. The summed E-state index contributed by atoms with van der Waals surface area (Å²) in [5.41, 5.74) is 3.23. The van der Waals surface area contributed by atoms with Crippen LogP contribution in [0.25, 0.3) is 0 Å². The van der Waals surface area contributed by atoms with Crippen LogP contribution in [0.3, 0.4) is 0 Å². The number of carbonyl (C=O) groups excluding carboxylic acids is 2. The van der Waals surface area contributed by atoms with Gasteiger partial charge in [-0.25, -0.2) is 9.78 Å². The summed E-state index contributed by atoms with van der Waals surface area (Å²) in [5, 5.41) is 8.11. The highest BCUT2D eigenvalue weighted by Gasteiger charge is 2.06. The van der Waals surface area contributed by atoms with E-state index in [9.17, 15) is 9.59 Å². The van der Waals surface area contributed by atoms with E-state index in [1.54, 1.807) is 12.3 Å². The summed E-state index contributed by atoms with van der Waals surface area (Å²) in [6.45, 7) is 7.23. The summed E-state index contributed by atoms with van der Waals surface area (Å²) in [5.74, 6) is 1.21. The number of amides is 3. The van der Waals surface area contributed by atoms with Crippen molar-refractivity contribution in [1.29, 1.82) is 0 Å². The molecule has 7 heteroatoms. The maximum absolute atomic E-state index is 11.8. The van der Waals surface area contributed by atoms with Crippen LogP contribution in [-0.4, -0.2) is 36.6 Å². The zero-order chi connectivity index (χ0) is 20.4. The molecule has 0 fully saturated rings. The van der Waals surface area contributed by atoms with Crippen molar-refractivity contribution in [2.75, 3.05) is 25.0 Å². The standard InChI is InChI=1S/C21H28N4O3/c1-15-8-9-18(24-14-15)25-19(26)10-12-23-21(27)22-11-5-13-28-20-16(2)6-4-7-17(20)3/h4,6-9,14H,5,10-13H2,1-3H3,(H2,22,23,27)(H,24,25,26). The van der Waals surface area contributed by atoms with Gasteiger partial charge in [0.05, 0.1) is 6.61 Å². The predicted octanol–water partition coefficient (Wildman–Crippen LogP) is 3.10. The van der Waals surface area contributed by atoms with Gasteiger partial charge in [0.2, 0.25) is 5.91 Å². The minimum atomic E-state index is -0.298. The van der Waals surface area contributed by atoms with Crippen LogP contribution in [0, 0.1) is 20.8 Å². The van der Waals surface area contributed by atoms with Crippen LogP contribution in [-0.2, 0) is 4.79 Å². The van der Waals surface area contributed by atoms with Gasteiger partial charge in [-0.2, -0.15) is 0 Å². The molecule has 7 nitrogen and oxygen atoms in total. The van der Waals surface area contributed by atoms with Crippen LogP contribution >= 0.6 is 0 Å². The number of aromatic nitrogens is 1. The Kier molecular flexibility index (Phi) is 8.27. The van der Waals surface area contributed by atoms with Crippen molar-refractivity contribution >= 4 is 17.8 Å². The quantitative estimate of drug-likeness (QED) is 0.579. The van der Waals surface area contributed by atoms with Crippen molar-refractivity contribution in [3.05, 3.63) is 53.2 Å². The largest absolute Gasteiger partial charge is 0.493 e. The summed E-state index contributed by atoms with van der Waals surface area (Å²) < 4.78 is 5.80. The van der Waals surface area contributed by atoms with E-state index in [4.69, 9.17) is 4.74 Å². The summed E-state index contributed by atoms with van der Waals surface area (Å²) in [6.07, 6.45) is 2.56. The molecule has 0 radical (unpaired) electrons. The maximum atomic E-state index is 11.8. The second kappa shape index (κ2) is 10.9. The first-order valence-electron chi connectivity index (χ1n) is 9.39. The van der Waals surface area contributed by atoms with Gasteiger partial charge in [0.25, 0.3) is 0 Å². The predicted molar refractivity (Wildman–Crippen MR) is 110 cm³/mol. The average Bonchev–Trinajstić information content (AvgIpc) is 2.65. The van der Waals surface area contributed by atoms with E-state index in [-0.39, 0.29) is 24.9 Å². The van der Waals surface area contributed by atoms with Gasteiger partial charge in [-0.1, -0.05) is 24.3 Å². The van der Waals surface area contributed by atoms with Gasteiger partial charge in [0.15, 0.2) is 0 Å². The number of rotatable bonds is 9. The third-order valence-corrected chi connectivity index (χ3v) is 4.08. The SMILES string of the molecule is Cc1ccc(NC(=O)CCNC(=O)NCCCOc2c(C)cccc2C)nc1. The van der Waals surface area contributed by atoms with E-state index < -0.39 is 0 Å². The third kappa shape index (κ3) is 7.26. The van der Waals surface area contributed by atoms with Gasteiger partial charge < -0.3 is 20.7 Å². The van der Waals surface area contributed by atoms with Crippen LogP contribution in [0.1, 0.15) is 29.5 Å². The fraction of sp³-hybridized carbons (Fsp3) is 0.381. The molecule has 0 saturated carbocycles. The lowest BCUT2D eigenvalue weighted by Crippen LogP contribution is -2.37. The molecule has 0 unspecified atom stereocenters. The number of anilines is 1. The van der Waals surface area contributed by atoms with E-state index in [1.807, 2.05) is 45.0 Å². The van der Waals surface area contributed by atoms with Crippen LogP contribution in [0.5, 0.6) is 5.75 Å². The Morgan fingerprint density at radius 1 is 1.00 bits per heavy atom. The maximum Gasteiger partial charge on any atom is 0.314 e. The highest BCUT2D eigenvalue weighted by Crippen LogP contribution is 2.22. The zero-order valence-electron chi connectivity index (χ0n) is 16.7. The second-order valence-electron chi connectivity index (χ2n) is 6.62. The number of hydrogen-bond donors (Lipinski definition) is 3. The number of pyridine rings is 1. The number of aryl methyl sites for hydroxylation is 3. The summed E-state index contributed by atoms with van der Waals surface area (Å²) in [4.78, 5) is 27.7. The molecule has 1 aromatic carbocycles. The molecule has 0 aliphatic rings. The molecule has 0 atom stereocenters. The molecular weight excluding hydrogens is 356 g/mol. The minimum Gasteiger partial charge on any atom is -0.493 e. The van der Waals surface area contributed by atoms with Gasteiger partial charge in [-0.05, 0) is 49.9 Å². The normalized spacial score (nSPS) is 10.2. The number of benzene rings is 1. The Bertz CT molecular complexity index is 770. The first-order valence-corrected chi connectivity index (χ1v) is 9.39. The Hall–Kier alpha value is -3.09. The van der Waals surface area contributed by atoms with Crippen LogP contribution in [0.15, 0.2) is 36.5 Å². The molecule has 1 aromatic heterocycles. The van der Waals surface area contributed by atoms with Gasteiger partial charge >= 0.3 is 6.03 Å². The molecule has 3 amide bonds. The first kappa shape index (κ1) is 21.2. The van der Waals surface area contributed by atoms with Crippen molar-refractivity contribution in [3.8, 4) is 5.75 Å². The molecule has 1 heterocycles. The molecule has 0 aliphatic heterocycles. The van der Waals surface area contributed by atoms with Gasteiger partial charge in [-0.3, -0.25) is 4.79 Å². The summed E-state index contributed by atoms with van der Waals surface area (Å²) in [6, 6.07) is 9.35. The average molecular weight is 384 g/mol. The highest BCUT2D eigenvalue weighted by atomic mass is 16.5. The Labute approximate surface area is 165 Å². The van der Waals surface area contributed by atoms with Gasteiger partial charge in [0.1, 0.15) is 11.6 Å². The van der Waals surface area contributed by atoms with Crippen molar-refractivity contribution in [3.63, 3.8) is 0 Å². The van der Waals surface area contributed by atoms with Gasteiger partial charge in [-0.15, -0.1) is 0 Å². The van der Waals surface area contributed by atoms with Crippen molar-refractivity contribution in [1.82, 2.24) is 15.6 Å². The Morgan fingerprint density at radius 2 is 1.71 bits per heavy atom. The number of urea groups is 1. The fourth-order valence-corrected chi connectivity index (χ4v) is 2.57. The summed E-state index contributed by atoms with van der Waals surface area (Å²) in [7, 11) is 0. The number of hydrogen-bond acceptors (Lipinski definition) is 4. The molecule has 3 N–H and O–H groups in total. The molecule has 2 aromatic rings. The molecule has 28 heavy (non-hydrogen) atoms. The van der Waals surface area contributed by atoms with Crippen molar-refractivity contribution in [2.24, 2.45) is 0 Å². The molecule has 0 spiro atoms. The number of ether oxygens (including phenoxy) is 1. The molecule has 0 bridgehead atoms. The molecule has 0 saturated heterocycles. The van der Waals surface area contributed by atoms with Crippen LogP contribution in [0.4, 0.5) is 10.6 Å². The highest BCUT2D eigenvalue weighted by molar-refractivity contribution is 5.90. The third-order valence-electron chi connectivity index (χ3n) is 4.08. The molecule has 150 valence electrons. The van der Waals surface area contributed by atoms with Crippen molar-refractivity contribution < 1.29 is 14.3 Å². The van der Waals surface area contributed by atoms with Crippen molar-refractivity contribution in [2.45, 2.75) is 33.6 Å². The first-order chi connectivity index (χ1) is 13.5. The number of carbonyl (C=O) groups is 2. The van der Waals surface area contributed by atoms with E-state index in [1.165, 1.54) is 0 Å². The van der Waals surface area contributed by atoms with Crippen LogP contribution in [0.2, 0.25) is 0 Å². The Morgan fingerprint density at radius 3 is 2.39 bits per heavy atom.